The van der Waals surface area contributed by atoms with Crippen LogP contribution in [-0.2, 0) is 0 Å². The summed E-state index contributed by atoms with van der Waals surface area (Å²) in [7, 11) is 0. The first-order valence-electron chi connectivity index (χ1n) is 4.76. The summed E-state index contributed by atoms with van der Waals surface area (Å²) in [4.78, 5) is 13.9. The summed E-state index contributed by atoms with van der Waals surface area (Å²) in [5.41, 5.74) is -0.198. The molecule has 16 heavy (non-hydrogen) atoms. The zero-order valence-electron chi connectivity index (χ0n) is 8.68. The Hall–Kier alpha value is -1.40. The third kappa shape index (κ3) is 3.32. The highest BCUT2D eigenvalue weighted by Gasteiger charge is 2.16. The summed E-state index contributed by atoms with van der Waals surface area (Å²) in [6, 6.07) is 1.22. The fourth-order valence-electron chi connectivity index (χ4n) is 1.06. The van der Waals surface area contributed by atoms with Crippen molar-refractivity contribution in [2.24, 2.45) is 0 Å². The highest BCUT2D eigenvalue weighted by atomic mass is 35.5. The summed E-state index contributed by atoms with van der Waals surface area (Å²) in [5.74, 6) is 0.113. The smallest absolute Gasteiger partial charge is 0.312 e. The van der Waals surface area contributed by atoms with E-state index in [2.05, 4.69) is 10.3 Å². The van der Waals surface area contributed by atoms with E-state index >= 15 is 0 Å². The number of hydrogen-bond acceptors (Lipinski definition) is 5. The zero-order chi connectivity index (χ0) is 12.1. The summed E-state index contributed by atoms with van der Waals surface area (Å²) >= 11 is 5.61. The lowest BCUT2D eigenvalue weighted by molar-refractivity contribution is -0.384. The number of halogens is 1. The number of nitrogens with zero attached hydrogens (tertiary/aromatic N) is 2. The van der Waals surface area contributed by atoms with Crippen molar-refractivity contribution in [2.45, 2.75) is 19.4 Å². The van der Waals surface area contributed by atoms with Crippen LogP contribution in [-0.4, -0.2) is 27.7 Å². The van der Waals surface area contributed by atoms with Crippen LogP contribution >= 0.6 is 11.6 Å². The zero-order valence-corrected chi connectivity index (χ0v) is 9.44. The van der Waals surface area contributed by atoms with Crippen molar-refractivity contribution in [1.29, 1.82) is 0 Å². The molecule has 0 aliphatic heterocycles. The van der Waals surface area contributed by atoms with Crippen molar-refractivity contribution < 1.29 is 10.0 Å². The number of hydrogen-bond donors (Lipinski definition) is 2. The Morgan fingerprint density at radius 1 is 1.75 bits per heavy atom. The number of aliphatic hydroxyl groups is 1. The van der Waals surface area contributed by atoms with Gasteiger partial charge in [0.25, 0.3) is 0 Å². The van der Waals surface area contributed by atoms with Crippen molar-refractivity contribution in [3.8, 4) is 0 Å². The molecule has 1 rings (SSSR count). The molecule has 6 nitrogen and oxygen atoms in total. The van der Waals surface area contributed by atoms with Crippen molar-refractivity contribution in [3.05, 3.63) is 27.4 Å². The minimum Gasteiger partial charge on any atom is -0.391 e. The molecule has 88 valence electrons. The van der Waals surface area contributed by atoms with Crippen LogP contribution in [0.1, 0.15) is 13.3 Å². The van der Waals surface area contributed by atoms with Gasteiger partial charge in [0.2, 0.25) is 5.82 Å². The van der Waals surface area contributed by atoms with E-state index in [9.17, 15) is 15.2 Å². The molecule has 0 fully saturated rings. The van der Waals surface area contributed by atoms with Crippen LogP contribution in [0.25, 0.3) is 0 Å². The van der Waals surface area contributed by atoms with Crippen LogP contribution in [0.2, 0.25) is 5.02 Å². The standard InChI is InChI=1S/C9H12ClN3O3/c1-2-7(14)5-12-9-8(13(15)16)3-6(10)4-11-9/h3-4,7,14H,2,5H2,1H3,(H,11,12). The van der Waals surface area contributed by atoms with Gasteiger partial charge in [0, 0.05) is 18.8 Å². The van der Waals surface area contributed by atoms with Crippen molar-refractivity contribution in [3.63, 3.8) is 0 Å². The molecule has 1 unspecified atom stereocenters. The lowest BCUT2D eigenvalue weighted by atomic mass is 10.3. The Labute approximate surface area is 97.4 Å². The predicted octanol–water partition coefficient (Wildman–Crippen LogP) is 1.83. The third-order valence-electron chi connectivity index (χ3n) is 2.01. The third-order valence-corrected chi connectivity index (χ3v) is 2.21. The Kier molecular flexibility index (Phi) is 4.45. The second kappa shape index (κ2) is 5.62. The van der Waals surface area contributed by atoms with Gasteiger partial charge in [-0.1, -0.05) is 18.5 Å². The number of anilines is 1. The van der Waals surface area contributed by atoms with Gasteiger partial charge in [0.1, 0.15) is 0 Å². The Bertz CT molecular complexity index is 386. The van der Waals surface area contributed by atoms with Gasteiger partial charge in [-0.3, -0.25) is 10.1 Å². The number of aromatic nitrogens is 1. The fourth-order valence-corrected chi connectivity index (χ4v) is 1.21. The first kappa shape index (κ1) is 12.7. The van der Waals surface area contributed by atoms with Gasteiger partial charge in [-0.15, -0.1) is 0 Å². The first-order valence-corrected chi connectivity index (χ1v) is 5.14. The Morgan fingerprint density at radius 3 is 3.00 bits per heavy atom. The summed E-state index contributed by atoms with van der Waals surface area (Å²) in [6.45, 7) is 2.03. The van der Waals surface area contributed by atoms with E-state index in [1.54, 1.807) is 0 Å². The van der Waals surface area contributed by atoms with Crippen molar-refractivity contribution in [1.82, 2.24) is 4.98 Å². The van der Waals surface area contributed by atoms with E-state index < -0.39 is 11.0 Å². The molecule has 0 amide bonds. The maximum absolute atomic E-state index is 10.7. The largest absolute Gasteiger partial charge is 0.391 e. The molecule has 0 aliphatic carbocycles. The molecule has 0 aliphatic rings. The predicted molar refractivity (Wildman–Crippen MR) is 60.7 cm³/mol. The highest BCUT2D eigenvalue weighted by Crippen LogP contribution is 2.24. The number of aliphatic hydroxyl groups excluding tert-OH is 1. The van der Waals surface area contributed by atoms with Gasteiger partial charge in [-0.25, -0.2) is 4.98 Å². The quantitative estimate of drug-likeness (QED) is 0.610. The van der Waals surface area contributed by atoms with E-state index in [4.69, 9.17) is 11.6 Å². The molecule has 0 spiro atoms. The fraction of sp³-hybridized carbons (Fsp3) is 0.444. The molecule has 1 aromatic heterocycles. The van der Waals surface area contributed by atoms with E-state index in [1.807, 2.05) is 6.92 Å². The lowest BCUT2D eigenvalue weighted by Gasteiger charge is -2.09. The van der Waals surface area contributed by atoms with Gasteiger partial charge in [0.05, 0.1) is 16.0 Å². The van der Waals surface area contributed by atoms with Gasteiger partial charge in [-0.2, -0.15) is 0 Å². The lowest BCUT2D eigenvalue weighted by Crippen LogP contribution is -2.19. The summed E-state index contributed by atoms with van der Waals surface area (Å²) in [5, 5.41) is 22.9. The average molecular weight is 246 g/mol. The van der Waals surface area contributed by atoms with Crippen LogP contribution in [0.5, 0.6) is 0 Å². The molecule has 0 radical (unpaired) electrons. The minimum absolute atomic E-state index is 0.113. The van der Waals surface area contributed by atoms with Gasteiger partial charge in [-0.05, 0) is 6.42 Å². The van der Waals surface area contributed by atoms with Crippen LogP contribution < -0.4 is 5.32 Å². The molecular weight excluding hydrogens is 234 g/mol. The molecule has 0 bridgehead atoms. The van der Waals surface area contributed by atoms with Crippen molar-refractivity contribution >= 4 is 23.1 Å². The number of nitrogens with one attached hydrogen (secondary N) is 1. The topological polar surface area (TPSA) is 88.3 Å². The Balaban J connectivity index is 2.82. The molecule has 0 aromatic carbocycles. The van der Waals surface area contributed by atoms with Gasteiger partial charge >= 0.3 is 5.69 Å². The number of nitro groups is 1. The molecular formula is C9H12ClN3O3. The SMILES string of the molecule is CCC(O)CNc1ncc(Cl)cc1[N+](=O)[O-]. The van der Waals surface area contributed by atoms with E-state index in [-0.39, 0.29) is 23.1 Å². The van der Waals surface area contributed by atoms with E-state index in [0.717, 1.165) is 0 Å². The second-order valence-electron chi connectivity index (χ2n) is 3.22. The Morgan fingerprint density at radius 2 is 2.44 bits per heavy atom. The maximum Gasteiger partial charge on any atom is 0.312 e. The number of pyridine rings is 1. The van der Waals surface area contributed by atoms with Crippen LogP contribution in [0.4, 0.5) is 11.5 Å². The van der Waals surface area contributed by atoms with E-state index in [1.165, 1.54) is 12.3 Å². The van der Waals surface area contributed by atoms with E-state index in [0.29, 0.717) is 6.42 Å². The molecule has 1 aromatic rings. The molecule has 1 heterocycles. The van der Waals surface area contributed by atoms with Crippen LogP contribution in [0.3, 0.4) is 0 Å². The van der Waals surface area contributed by atoms with Crippen molar-refractivity contribution in [2.75, 3.05) is 11.9 Å². The maximum atomic E-state index is 10.7. The molecule has 0 saturated heterocycles. The normalized spacial score (nSPS) is 12.2. The van der Waals surface area contributed by atoms with Gasteiger partial charge < -0.3 is 10.4 Å². The summed E-state index contributed by atoms with van der Waals surface area (Å²) < 4.78 is 0. The second-order valence-corrected chi connectivity index (χ2v) is 3.66. The molecule has 0 saturated carbocycles. The van der Waals surface area contributed by atoms with Crippen LogP contribution in [0.15, 0.2) is 12.3 Å². The number of rotatable bonds is 5. The highest BCUT2D eigenvalue weighted by molar-refractivity contribution is 6.30. The van der Waals surface area contributed by atoms with Gasteiger partial charge in [0.15, 0.2) is 0 Å². The average Bonchev–Trinajstić information content (AvgIpc) is 2.26. The molecule has 7 heteroatoms. The molecule has 2 N–H and O–H groups in total. The monoisotopic (exact) mass is 245 g/mol. The summed E-state index contributed by atoms with van der Waals surface area (Å²) in [6.07, 6.45) is 1.32. The molecule has 1 atom stereocenters. The minimum atomic E-state index is -0.570. The first-order chi connectivity index (χ1) is 7.54. The van der Waals surface area contributed by atoms with Crippen LogP contribution in [0, 0.1) is 10.1 Å².